The summed E-state index contributed by atoms with van der Waals surface area (Å²) in [5, 5.41) is 81.5. The van der Waals surface area contributed by atoms with E-state index in [1.165, 1.54) is 4.90 Å². The molecule has 7 atom stereocenters. The summed E-state index contributed by atoms with van der Waals surface area (Å²) in [6, 6.07) is -8.23. The number of carboxylic acid groups (broad SMARTS) is 6. The number of aliphatic carboxylic acids is 6. The largest absolute Gasteiger partial charge is 1.00 e. The molecule has 9 N–H and O–H groups in total. The SMILES string of the molecule is NC(N)=NCCC[C@@H]1NC(=O)[C@@H]2CC[C@H]3C[C@@H](CNC(=O)CC[C@@H](C(=O)[O-])N(CCN(CC(=O)[O-])CC(=O)[O-])CCN(CC(=O)[O-])CC(=O)[O-])[C@@H](NC(=O)[C@H](CC(=O)[O-])NC(=O)CNC1=O)C(=O)N32.[Na+].[Na+].[Na+]. The van der Waals surface area contributed by atoms with E-state index in [0.717, 1.165) is 14.7 Å². The first kappa shape index (κ1) is 67.8. The second kappa shape index (κ2) is 33.6. The molecule has 384 valence electrons. The molecule has 30 nitrogen and oxygen atoms in total. The van der Waals surface area contributed by atoms with Crippen LogP contribution in [0.4, 0.5) is 0 Å². The van der Waals surface area contributed by atoms with Gasteiger partial charge in [-0.3, -0.25) is 48.5 Å². The number of guanidine groups is 1. The molecule has 0 radical (unpaired) electrons. The van der Waals surface area contributed by atoms with Crippen molar-refractivity contribution in [1.82, 2.24) is 46.2 Å². The third-order valence-electron chi connectivity index (χ3n) is 11.4. The Morgan fingerprint density at radius 3 is 1.76 bits per heavy atom. The van der Waals surface area contributed by atoms with Crippen molar-refractivity contribution in [1.29, 1.82) is 0 Å². The fourth-order valence-electron chi connectivity index (χ4n) is 8.31. The predicted molar refractivity (Wildman–Crippen MR) is 216 cm³/mol. The van der Waals surface area contributed by atoms with Crippen LogP contribution in [0.1, 0.15) is 51.4 Å². The number of rotatable bonds is 27. The monoisotopic (exact) mass is 1050 g/mol. The van der Waals surface area contributed by atoms with E-state index >= 15 is 0 Å². The van der Waals surface area contributed by atoms with Gasteiger partial charge in [-0.15, -0.1) is 0 Å². The number of hydrogen-bond donors (Lipinski definition) is 7. The number of nitrogens with one attached hydrogen (secondary N) is 5. The van der Waals surface area contributed by atoms with Gasteiger partial charge in [0.2, 0.25) is 35.4 Å². The number of carbonyl (C=O) groups is 12. The average Bonchev–Trinajstić information content (AvgIpc) is 3.67. The molecule has 3 fully saturated rings. The second-order valence-electron chi connectivity index (χ2n) is 16.5. The number of carbonyl (C=O) groups excluding carboxylic acids is 12. The van der Waals surface area contributed by atoms with Crippen LogP contribution in [0, 0.1) is 5.92 Å². The standard InChI is InChI=1S/C39H60N12O18.3Na/c40-39(41)42-7-1-2-22-34(64)44-15-27(53)45-23(13-28(54)55)35(65)47-33-20(12-21-3-4-24(36(66)46-22)51(21)37(33)67)14-43-26(52)6-5-25(38(68)69)50(10-8-48(16-29(56)57)17-30(58)59)11-9-49(18-31(60)61)19-32(62)63;;;/h20-25,33H,1-19H2,(H,43,52)(H,44,64)(H,45,53)(H,46,66)(H,47,65)(H,54,55)(H,56,57)(H,58,59)(H,60,61)(H,62,63)(H,68,69)(H4,40,41,42);;;/q;3*+1/p-6/t20-,21-,22-,23-,24-,25-,33+;;;/m0.../s1. The maximum absolute atomic E-state index is 14.4. The number of hydrogen-bond acceptors (Lipinski definition) is 22. The minimum absolute atomic E-state index is 0. The number of nitrogens with zero attached hydrogens (tertiary/aromatic N) is 5. The molecule has 3 aliphatic rings. The maximum atomic E-state index is 14.4. The van der Waals surface area contributed by atoms with Crippen LogP contribution in [0.15, 0.2) is 4.99 Å². The average molecular weight is 1050 g/mol. The molecular weight excluding hydrogens is 993 g/mol. The zero-order valence-corrected chi connectivity index (χ0v) is 46.2. The summed E-state index contributed by atoms with van der Waals surface area (Å²) in [7, 11) is 0. The molecule has 3 saturated heterocycles. The van der Waals surface area contributed by atoms with E-state index in [-0.39, 0.29) is 140 Å². The Labute approximate surface area is 478 Å². The molecule has 0 aromatic carbocycles. The van der Waals surface area contributed by atoms with Gasteiger partial charge in [0, 0.05) is 102 Å². The molecule has 0 saturated carbocycles. The number of aliphatic imine (C=N–C) groups is 1. The van der Waals surface area contributed by atoms with Gasteiger partial charge in [-0.25, -0.2) is 0 Å². The quantitative estimate of drug-likeness (QED) is 0.0174. The van der Waals surface area contributed by atoms with Crippen molar-refractivity contribution in [3.05, 3.63) is 0 Å². The number of nitrogens with two attached hydrogens (primary N) is 2. The van der Waals surface area contributed by atoms with Gasteiger partial charge in [0.05, 0.1) is 36.4 Å². The van der Waals surface area contributed by atoms with Crippen LogP contribution in [0.2, 0.25) is 0 Å². The third kappa shape index (κ3) is 23.3. The van der Waals surface area contributed by atoms with Gasteiger partial charge in [-0.05, 0) is 38.5 Å². The van der Waals surface area contributed by atoms with Gasteiger partial charge < -0.3 is 102 Å². The molecular formula is C39H54N12Na3O18-3. The van der Waals surface area contributed by atoms with Crippen molar-refractivity contribution in [2.24, 2.45) is 22.4 Å². The van der Waals surface area contributed by atoms with Gasteiger partial charge >= 0.3 is 88.7 Å². The summed E-state index contributed by atoms with van der Waals surface area (Å²) in [6.07, 6.45) is -1.73. The second-order valence-corrected chi connectivity index (χ2v) is 16.5. The molecule has 0 aromatic heterocycles. The zero-order chi connectivity index (χ0) is 51.5. The molecule has 0 aliphatic carbocycles. The first-order valence-electron chi connectivity index (χ1n) is 21.7. The Balaban J connectivity index is 0.0000168. The van der Waals surface area contributed by atoms with E-state index in [0.29, 0.717) is 0 Å². The topological polar surface area (TPSA) is 481 Å². The van der Waals surface area contributed by atoms with E-state index in [1.54, 1.807) is 0 Å². The van der Waals surface area contributed by atoms with Crippen LogP contribution < -0.4 is 157 Å². The molecule has 0 aromatic rings. The van der Waals surface area contributed by atoms with Crippen molar-refractivity contribution in [2.45, 2.75) is 87.6 Å². The molecule has 3 aliphatic heterocycles. The molecule has 6 amide bonds. The Hall–Kier alpha value is -4.21. The van der Waals surface area contributed by atoms with Crippen molar-refractivity contribution >= 4 is 77.2 Å². The first-order valence-corrected chi connectivity index (χ1v) is 21.7. The fourth-order valence-corrected chi connectivity index (χ4v) is 8.31. The Morgan fingerprint density at radius 2 is 1.26 bits per heavy atom. The third-order valence-corrected chi connectivity index (χ3v) is 11.4. The van der Waals surface area contributed by atoms with E-state index in [2.05, 4.69) is 31.6 Å². The van der Waals surface area contributed by atoms with Crippen LogP contribution in [0.3, 0.4) is 0 Å². The van der Waals surface area contributed by atoms with Crippen molar-refractivity contribution in [3.8, 4) is 0 Å². The number of fused-ring (bicyclic) bond motifs is 1. The Bertz CT molecular complexity index is 1930. The van der Waals surface area contributed by atoms with Crippen LogP contribution >= 0.6 is 0 Å². The molecule has 0 unspecified atom stereocenters. The van der Waals surface area contributed by atoms with E-state index in [1.807, 2.05) is 0 Å². The normalized spacial score (nSPS) is 21.4. The van der Waals surface area contributed by atoms with E-state index < -0.39 is 192 Å². The summed E-state index contributed by atoms with van der Waals surface area (Å²) in [4.78, 5) is 158. The predicted octanol–water partition coefficient (Wildman–Crippen LogP) is -23.9. The molecule has 72 heavy (non-hydrogen) atoms. The van der Waals surface area contributed by atoms with Crippen molar-refractivity contribution in [3.63, 3.8) is 0 Å². The Kier molecular flexibility index (Phi) is 31.6. The minimum atomic E-state index is -1.85. The van der Waals surface area contributed by atoms with Crippen molar-refractivity contribution < 1.29 is 177 Å². The van der Waals surface area contributed by atoms with Gasteiger partial charge in [-0.2, -0.15) is 0 Å². The fraction of sp³-hybridized carbons (Fsp3) is 0.667. The molecule has 2 bridgehead atoms. The zero-order valence-electron chi connectivity index (χ0n) is 40.2. The summed E-state index contributed by atoms with van der Waals surface area (Å²) in [6.45, 7) is -6.68. The first-order chi connectivity index (χ1) is 32.4. The number of piperidine rings is 1. The van der Waals surface area contributed by atoms with Crippen molar-refractivity contribution in [2.75, 3.05) is 72.0 Å². The van der Waals surface area contributed by atoms with Gasteiger partial charge in [-0.1, -0.05) is 0 Å². The van der Waals surface area contributed by atoms with Gasteiger partial charge in [0.15, 0.2) is 5.96 Å². The summed E-state index contributed by atoms with van der Waals surface area (Å²) in [5.74, 6) is -17.0. The number of carboxylic acids is 6. The molecule has 3 heterocycles. The summed E-state index contributed by atoms with van der Waals surface area (Å²) < 4.78 is 0. The maximum Gasteiger partial charge on any atom is 1.00 e. The number of amides is 6. The van der Waals surface area contributed by atoms with Crippen LogP contribution in [-0.2, 0) is 57.5 Å². The molecule has 33 heteroatoms. The van der Waals surface area contributed by atoms with Gasteiger partial charge in [0.1, 0.15) is 24.2 Å². The smallest absolute Gasteiger partial charge is 0.550 e. The van der Waals surface area contributed by atoms with Gasteiger partial charge in [0.25, 0.3) is 0 Å². The van der Waals surface area contributed by atoms with E-state index in [9.17, 15) is 88.2 Å². The molecule has 3 rings (SSSR count). The Morgan fingerprint density at radius 1 is 0.708 bits per heavy atom. The van der Waals surface area contributed by atoms with Crippen LogP contribution in [0.25, 0.3) is 0 Å². The summed E-state index contributed by atoms with van der Waals surface area (Å²) >= 11 is 0. The van der Waals surface area contributed by atoms with Crippen LogP contribution in [-0.4, -0.2) is 205 Å². The summed E-state index contributed by atoms with van der Waals surface area (Å²) in [5.41, 5.74) is 10.7. The van der Waals surface area contributed by atoms with E-state index in [4.69, 9.17) is 11.5 Å². The van der Waals surface area contributed by atoms with Crippen LogP contribution in [0.5, 0.6) is 0 Å². The minimum Gasteiger partial charge on any atom is -0.550 e. The molecule has 0 spiro atoms.